The average molecular weight is 181 g/mol. The van der Waals surface area contributed by atoms with Gasteiger partial charge in [0.15, 0.2) is 0 Å². The lowest BCUT2D eigenvalue weighted by atomic mass is 10.1. The van der Waals surface area contributed by atoms with Crippen molar-refractivity contribution in [2.24, 2.45) is 5.73 Å². The van der Waals surface area contributed by atoms with E-state index in [1.54, 1.807) is 12.1 Å². The van der Waals surface area contributed by atoms with Crippen molar-refractivity contribution in [3.05, 3.63) is 29.8 Å². The monoisotopic (exact) mass is 181 g/mol. The fraction of sp³-hybridized carbons (Fsp3) is 0.111. The van der Waals surface area contributed by atoms with Crippen molar-refractivity contribution in [3.8, 4) is 0 Å². The Morgan fingerprint density at radius 1 is 1.46 bits per heavy atom. The average Bonchev–Trinajstić information content (AvgIpc) is 2.16. The number of amides is 2. The van der Waals surface area contributed by atoms with Crippen molar-refractivity contribution in [1.82, 2.24) is 0 Å². The Kier molecular flexibility index (Phi) is 1.64. The molecule has 0 atom stereocenters. The van der Waals surface area contributed by atoms with Crippen LogP contribution in [0, 0.1) is 0 Å². The fourth-order valence-corrected chi connectivity index (χ4v) is 0.929. The number of benzene rings is 1. The molecule has 2 amide bonds. The highest BCUT2D eigenvalue weighted by Gasteiger charge is 2.06. The zero-order valence-corrected chi connectivity index (χ0v) is 6.70. The van der Waals surface area contributed by atoms with Crippen LogP contribution in [0.2, 0.25) is 0 Å². The molecule has 0 aromatic heterocycles. The highest BCUT2D eigenvalue weighted by Crippen LogP contribution is 2.13. The van der Waals surface area contributed by atoms with Gasteiger partial charge >= 0.3 is 0 Å². The standard InChI is InChI=1S/C9H10N2O2/c1-6(12)11-8-5-3-2-4-7(8)9(10)13/h2-5H,1H3,(H2,10,13)(H,11,12)/i1D3. The summed E-state index contributed by atoms with van der Waals surface area (Å²) in [4.78, 5) is 22.2. The summed E-state index contributed by atoms with van der Waals surface area (Å²) >= 11 is 0. The minimum atomic E-state index is -2.76. The number of para-hydroxylation sites is 1. The van der Waals surface area contributed by atoms with Crippen LogP contribution in [0.5, 0.6) is 0 Å². The van der Waals surface area contributed by atoms with E-state index in [0.717, 1.165) is 0 Å². The summed E-state index contributed by atoms with van der Waals surface area (Å²) in [5.74, 6) is -1.89. The summed E-state index contributed by atoms with van der Waals surface area (Å²) in [5, 5.41) is 2.13. The van der Waals surface area contributed by atoms with Crippen molar-refractivity contribution < 1.29 is 13.7 Å². The van der Waals surface area contributed by atoms with Crippen molar-refractivity contribution in [2.75, 3.05) is 5.32 Å². The summed E-state index contributed by atoms with van der Waals surface area (Å²) in [6.07, 6.45) is 0. The summed E-state index contributed by atoms with van der Waals surface area (Å²) in [6, 6.07) is 5.92. The molecule has 0 fully saturated rings. The molecule has 13 heavy (non-hydrogen) atoms. The van der Waals surface area contributed by atoms with Gasteiger partial charge in [-0.3, -0.25) is 9.59 Å². The number of nitrogens with two attached hydrogens (primary N) is 1. The minimum absolute atomic E-state index is 0.0695. The van der Waals surface area contributed by atoms with Crippen LogP contribution >= 0.6 is 0 Å². The van der Waals surface area contributed by atoms with Crippen LogP contribution in [0.4, 0.5) is 5.69 Å². The molecule has 0 unspecified atom stereocenters. The van der Waals surface area contributed by atoms with E-state index in [-0.39, 0.29) is 11.3 Å². The van der Waals surface area contributed by atoms with Gasteiger partial charge in [-0.2, -0.15) is 0 Å². The number of primary amides is 1. The second kappa shape index (κ2) is 3.71. The van der Waals surface area contributed by atoms with Gasteiger partial charge in [-0.05, 0) is 12.1 Å². The summed E-state index contributed by atoms with van der Waals surface area (Å²) in [5.41, 5.74) is 5.23. The van der Waals surface area contributed by atoms with Crippen molar-refractivity contribution in [2.45, 2.75) is 6.85 Å². The second-order valence-corrected chi connectivity index (χ2v) is 2.36. The van der Waals surface area contributed by atoms with Crippen LogP contribution in [0.15, 0.2) is 24.3 Å². The Hall–Kier alpha value is -1.84. The molecule has 1 aromatic rings. The van der Waals surface area contributed by atoms with Crippen LogP contribution in [-0.2, 0) is 4.79 Å². The van der Waals surface area contributed by atoms with Crippen LogP contribution in [0.1, 0.15) is 21.3 Å². The third-order valence-electron chi connectivity index (χ3n) is 1.44. The number of carbonyl (C=O) groups excluding carboxylic acids is 2. The number of nitrogens with one attached hydrogen (secondary N) is 1. The molecule has 0 saturated heterocycles. The summed E-state index contributed by atoms with van der Waals surface area (Å²) < 4.78 is 20.6. The van der Waals surface area contributed by atoms with E-state index >= 15 is 0 Å². The zero-order chi connectivity index (χ0) is 12.3. The lowest BCUT2D eigenvalue weighted by molar-refractivity contribution is -0.114. The molecule has 0 radical (unpaired) electrons. The molecule has 0 aliphatic heterocycles. The van der Waals surface area contributed by atoms with E-state index in [1.165, 1.54) is 12.1 Å². The molecular weight excluding hydrogens is 168 g/mol. The van der Waals surface area contributed by atoms with Gasteiger partial charge in [0.2, 0.25) is 5.91 Å². The predicted octanol–water partition coefficient (Wildman–Crippen LogP) is 0.744. The van der Waals surface area contributed by atoms with Gasteiger partial charge in [-0.1, -0.05) is 12.1 Å². The first-order valence-corrected chi connectivity index (χ1v) is 3.52. The smallest absolute Gasteiger partial charge is 0.250 e. The van der Waals surface area contributed by atoms with Gasteiger partial charge in [0.05, 0.1) is 11.3 Å². The zero-order valence-electron chi connectivity index (χ0n) is 9.70. The Morgan fingerprint density at radius 3 is 2.77 bits per heavy atom. The minimum Gasteiger partial charge on any atom is -0.366 e. The molecule has 68 valence electrons. The maximum Gasteiger partial charge on any atom is 0.250 e. The topological polar surface area (TPSA) is 72.2 Å². The molecule has 0 heterocycles. The van der Waals surface area contributed by atoms with E-state index in [4.69, 9.17) is 9.85 Å². The molecule has 4 heteroatoms. The molecule has 0 bridgehead atoms. The second-order valence-electron chi connectivity index (χ2n) is 2.36. The highest BCUT2D eigenvalue weighted by atomic mass is 16.2. The van der Waals surface area contributed by atoms with Crippen LogP contribution in [-0.4, -0.2) is 11.8 Å². The molecule has 3 N–H and O–H groups in total. The highest BCUT2D eigenvalue weighted by molar-refractivity contribution is 6.02. The normalized spacial score (nSPS) is 13.7. The first kappa shape index (κ1) is 5.75. The number of carbonyl (C=O) groups is 2. The third-order valence-corrected chi connectivity index (χ3v) is 1.44. The van der Waals surface area contributed by atoms with E-state index < -0.39 is 18.7 Å². The molecule has 1 aromatic carbocycles. The molecule has 4 nitrogen and oxygen atoms in total. The van der Waals surface area contributed by atoms with Crippen LogP contribution < -0.4 is 11.1 Å². The quantitative estimate of drug-likeness (QED) is 0.706. The Balaban J connectivity index is 2.98. The third kappa shape index (κ3) is 2.30. The van der Waals surface area contributed by atoms with Gasteiger partial charge in [0, 0.05) is 11.0 Å². The van der Waals surface area contributed by atoms with E-state index in [0.29, 0.717) is 0 Å². The number of rotatable bonds is 2. The fourth-order valence-electron chi connectivity index (χ4n) is 0.929. The van der Waals surface area contributed by atoms with Gasteiger partial charge in [-0.25, -0.2) is 0 Å². The van der Waals surface area contributed by atoms with Gasteiger partial charge < -0.3 is 11.1 Å². The number of anilines is 1. The van der Waals surface area contributed by atoms with Crippen LogP contribution in [0.25, 0.3) is 0 Å². The lowest BCUT2D eigenvalue weighted by Gasteiger charge is -2.05. The van der Waals surface area contributed by atoms with Crippen molar-refractivity contribution >= 4 is 17.5 Å². The van der Waals surface area contributed by atoms with Crippen LogP contribution in [0.3, 0.4) is 0 Å². The van der Waals surface area contributed by atoms with Gasteiger partial charge in [-0.15, -0.1) is 0 Å². The SMILES string of the molecule is [2H]C([2H])([2H])C(=O)Nc1ccccc1C(N)=O. The number of hydrogen-bond donors (Lipinski definition) is 2. The van der Waals surface area contributed by atoms with E-state index in [9.17, 15) is 9.59 Å². The predicted molar refractivity (Wildman–Crippen MR) is 49.3 cm³/mol. The van der Waals surface area contributed by atoms with Crippen molar-refractivity contribution in [3.63, 3.8) is 0 Å². The lowest BCUT2D eigenvalue weighted by Crippen LogP contribution is -2.16. The molecule has 0 aliphatic carbocycles. The van der Waals surface area contributed by atoms with Gasteiger partial charge in [0.25, 0.3) is 5.91 Å². The maximum atomic E-state index is 11.2. The maximum absolute atomic E-state index is 11.2. The Bertz CT molecular complexity index is 429. The molecular formula is C9H10N2O2. The Labute approximate surface area is 80.0 Å². The molecule has 0 saturated carbocycles. The van der Waals surface area contributed by atoms with E-state index in [1.807, 2.05) is 0 Å². The number of hydrogen-bond acceptors (Lipinski definition) is 2. The summed E-state index contributed by atoms with van der Waals surface area (Å²) in [6.45, 7) is -2.76. The molecule has 1 rings (SSSR count). The molecule has 0 spiro atoms. The first-order chi connectivity index (χ1) is 7.32. The molecule has 0 aliphatic rings. The first-order valence-electron chi connectivity index (χ1n) is 5.02. The summed E-state index contributed by atoms with van der Waals surface area (Å²) in [7, 11) is 0. The Morgan fingerprint density at radius 2 is 2.15 bits per heavy atom. The van der Waals surface area contributed by atoms with E-state index in [2.05, 4.69) is 5.32 Å². The van der Waals surface area contributed by atoms with Gasteiger partial charge in [0.1, 0.15) is 0 Å². The van der Waals surface area contributed by atoms with Crippen molar-refractivity contribution in [1.29, 1.82) is 0 Å². The largest absolute Gasteiger partial charge is 0.366 e.